The van der Waals surface area contributed by atoms with E-state index in [-0.39, 0.29) is 6.04 Å². The molecule has 0 amide bonds. The lowest BCUT2D eigenvalue weighted by molar-refractivity contribution is 0.212. The first-order chi connectivity index (χ1) is 13.2. The van der Waals surface area contributed by atoms with Gasteiger partial charge in [0.05, 0.1) is 31.5 Å². The number of thiazole rings is 1. The van der Waals surface area contributed by atoms with Crippen molar-refractivity contribution in [3.63, 3.8) is 0 Å². The fraction of sp³-hybridized carbons (Fsp3) is 0.421. The minimum Gasteiger partial charge on any atom is -0.493 e. The second-order valence-corrected chi connectivity index (χ2v) is 7.35. The average Bonchev–Trinajstić information content (AvgIpc) is 3.41. The zero-order valence-electron chi connectivity index (χ0n) is 15.6. The SMILES string of the molecule is COc1cccc(CN2CCCC2c2nnc(-c3scnc3C)o2)c1OC. The van der Waals surface area contributed by atoms with Crippen molar-refractivity contribution in [3.8, 4) is 22.3 Å². The molecule has 27 heavy (non-hydrogen) atoms. The molecule has 3 aromatic rings. The van der Waals surface area contributed by atoms with Gasteiger partial charge in [-0.1, -0.05) is 12.1 Å². The number of likely N-dealkylation sites (tertiary alicyclic amines) is 1. The van der Waals surface area contributed by atoms with Gasteiger partial charge >= 0.3 is 0 Å². The molecule has 0 spiro atoms. The van der Waals surface area contributed by atoms with Crippen LogP contribution in [0.5, 0.6) is 11.5 Å². The minimum atomic E-state index is 0.107. The van der Waals surface area contributed by atoms with Crippen LogP contribution in [0.1, 0.15) is 36.0 Å². The van der Waals surface area contributed by atoms with Gasteiger partial charge in [-0.25, -0.2) is 4.98 Å². The standard InChI is InChI=1S/C19H22N4O3S/c1-12-17(27-11-20-12)19-22-21-18(26-19)14-7-5-9-23(14)10-13-6-4-8-15(24-2)16(13)25-3/h4,6,8,11,14H,5,7,9-10H2,1-3H3. The van der Waals surface area contributed by atoms with Crippen molar-refractivity contribution < 1.29 is 13.9 Å². The van der Waals surface area contributed by atoms with Crippen molar-refractivity contribution in [2.45, 2.75) is 32.4 Å². The number of benzene rings is 1. The molecule has 142 valence electrons. The molecule has 7 nitrogen and oxygen atoms in total. The Morgan fingerprint density at radius 2 is 2.15 bits per heavy atom. The molecule has 0 bridgehead atoms. The number of aromatic nitrogens is 3. The number of rotatable bonds is 6. The largest absolute Gasteiger partial charge is 0.493 e. The van der Waals surface area contributed by atoms with E-state index < -0.39 is 0 Å². The number of ether oxygens (including phenoxy) is 2. The molecule has 1 aromatic carbocycles. The van der Waals surface area contributed by atoms with E-state index in [4.69, 9.17) is 13.9 Å². The third-order valence-corrected chi connectivity index (χ3v) is 5.80. The molecule has 0 aliphatic carbocycles. The summed E-state index contributed by atoms with van der Waals surface area (Å²) in [4.78, 5) is 7.55. The molecule has 2 aromatic heterocycles. The van der Waals surface area contributed by atoms with Crippen LogP contribution in [0.4, 0.5) is 0 Å². The second kappa shape index (κ2) is 7.66. The van der Waals surface area contributed by atoms with Crippen LogP contribution in [0.15, 0.2) is 28.1 Å². The fourth-order valence-corrected chi connectivity index (χ4v) is 4.28. The third kappa shape index (κ3) is 3.42. The number of hydrogen-bond donors (Lipinski definition) is 0. The molecule has 1 fully saturated rings. The highest BCUT2D eigenvalue weighted by Crippen LogP contribution is 2.38. The van der Waals surface area contributed by atoms with Gasteiger partial charge in [0, 0.05) is 12.1 Å². The molecule has 1 saturated heterocycles. The Hall–Kier alpha value is -2.45. The van der Waals surface area contributed by atoms with Crippen LogP contribution in [0.3, 0.4) is 0 Å². The minimum absolute atomic E-state index is 0.107. The van der Waals surface area contributed by atoms with E-state index in [0.29, 0.717) is 11.8 Å². The number of para-hydroxylation sites is 1. The summed E-state index contributed by atoms with van der Waals surface area (Å²) < 4.78 is 17.0. The van der Waals surface area contributed by atoms with E-state index in [2.05, 4.69) is 26.1 Å². The van der Waals surface area contributed by atoms with Crippen LogP contribution in [0.25, 0.3) is 10.8 Å². The topological polar surface area (TPSA) is 73.5 Å². The summed E-state index contributed by atoms with van der Waals surface area (Å²) in [6.45, 7) is 3.66. The van der Waals surface area contributed by atoms with E-state index in [0.717, 1.165) is 53.6 Å². The maximum atomic E-state index is 6.01. The van der Waals surface area contributed by atoms with Gasteiger partial charge < -0.3 is 13.9 Å². The third-order valence-electron chi connectivity index (χ3n) is 4.89. The molecule has 4 rings (SSSR count). The van der Waals surface area contributed by atoms with Crippen molar-refractivity contribution in [1.29, 1.82) is 0 Å². The molecule has 3 heterocycles. The smallest absolute Gasteiger partial charge is 0.259 e. The zero-order valence-corrected chi connectivity index (χ0v) is 16.5. The lowest BCUT2D eigenvalue weighted by Crippen LogP contribution is -2.23. The van der Waals surface area contributed by atoms with Crippen LogP contribution >= 0.6 is 11.3 Å². The van der Waals surface area contributed by atoms with Gasteiger partial charge in [-0.15, -0.1) is 21.5 Å². The Morgan fingerprint density at radius 3 is 2.89 bits per heavy atom. The predicted molar refractivity (Wildman–Crippen MR) is 102 cm³/mol. The molecular weight excluding hydrogens is 364 g/mol. The quantitative estimate of drug-likeness (QED) is 0.637. The number of methoxy groups -OCH3 is 2. The van der Waals surface area contributed by atoms with Crippen molar-refractivity contribution in [1.82, 2.24) is 20.1 Å². The van der Waals surface area contributed by atoms with Gasteiger partial charge in [-0.2, -0.15) is 0 Å². The molecular formula is C19H22N4O3S. The van der Waals surface area contributed by atoms with Crippen molar-refractivity contribution in [2.24, 2.45) is 0 Å². The molecule has 1 aliphatic heterocycles. The number of aryl methyl sites for hydroxylation is 1. The molecule has 0 radical (unpaired) electrons. The first-order valence-electron chi connectivity index (χ1n) is 8.89. The average molecular weight is 386 g/mol. The van der Waals surface area contributed by atoms with E-state index in [9.17, 15) is 0 Å². The zero-order chi connectivity index (χ0) is 18.8. The van der Waals surface area contributed by atoms with Crippen LogP contribution in [0.2, 0.25) is 0 Å². The number of hydrogen-bond acceptors (Lipinski definition) is 8. The second-order valence-electron chi connectivity index (χ2n) is 6.49. The summed E-state index contributed by atoms with van der Waals surface area (Å²) in [5, 5.41) is 8.58. The maximum Gasteiger partial charge on any atom is 0.259 e. The molecule has 1 atom stereocenters. The van der Waals surface area contributed by atoms with Gasteiger partial charge in [-0.05, 0) is 32.4 Å². The van der Waals surface area contributed by atoms with E-state index in [1.807, 2.05) is 19.1 Å². The van der Waals surface area contributed by atoms with Crippen molar-refractivity contribution in [3.05, 3.63) is 40.9 Å². The summed E-state index contributed by atoms with van der Waals surface area (Å²) in [5.41, 5.74) is 3.80. The molecule has 1 unspecified atom stereocenters. The van der Waals surface area contributed by atoms with Crippen LogP contribution in [-0.2, 0) is 6.54 Å². The first-order valence-corrected chi connectivity index (χ1v) is 9.77. The Morgan fingerprint density at radius 1 is 1.26 bits per heavy atom. The first kappa shape index (κ1) is 17.9. The van der Waals surface area contributed by atoms with Crippen LogP contribution < -0.4 is 9.47 Å². The molecule has 8 heteroatoms. The number of nitrogens with zero attached hydrogens (tertiary/aromatic N) is 4. The lowest BCUT2D eigenvalue weighted by atomic mass is 10.1. The van der Waals surface area contributed by atoms with Crippen LogP contribution in [0, 0.1) is 6.92 Å². The highest BCUT2D eigenvalue weighted by atomic mass is 32.1. The summed E-state index contributed by atoms with van der Waals surface area (Å²) in [5.74, 6) is 2.73. The van der Waals surface area contributed by atoms with E-state index in [1.54, 1.807) is 19.7 Å². The monoisotopic (exact) mass is 386 g/mol. The lowest BCUT2D eigenvalue weighted by Gasteiger charge is -2.23. The Labute approximate surface area is 162 Å². The summed E-state index contributed by atoms with van der Waals surface area (Å²) in [6, 6.07) is 6.07. The Bertz CT molecular complexity index is 923. The molecule has 0 N–H and O–H groups in total. The van der Waals surface area contributed by atoms with Crippen molar-refractivity contribution in [2.75, 3.05) is 20.8 Å². The van der Waals surface area contributed by atoms with Gasteiger partial charge in [0.2, 0.25) is 5.89 Å². The fourth-order valence-electron chi connectivity index (χ4n) is 3.56. The normalized spacial score (nSPS) is 17.4. The molecule has 1 aliphatic rings. The Kier molecular flexibility index (Phi) is 5.09. The highest BCUT2D eigenvalue weighted by Gasteiger charge is 2.31. The van der Waals surface area contributed by atoms with E-state index >= 15 is 0 Å². The summed E-state index contributed by atoms with van der Waals surface area (Å²) in [6.07, 6.45) is 2.09. The predicted octanol–water partition coefficient (Wildman–Crippen LogP) is 3.86. The van der Waals surface area contributed by atoms with Gasteiger partial charge in [-0.3, -0.25) is 4.90 Å². The Balaban J connectivity index is 1.57. The highest BCUT2D eigenvalue weighted by molar-refractivity contribution is 7.13. The molecule has 0 saturated carbocycles. The summed E-state index contributed by atoms with van der Waals surface area (Å²) >= 11 is 1.52. The van der Waals surface area contributed by atoms with Crippen molar-refractivity contribution >= 4 is 11.3 Å². The van der Waals surface area contributed by atoms with Crippen LogP contribution in [-0.4, -0.2) is 40.8 Å². The van der Waals surface area contributed by atoms with E-state index in [1.165, 1.54) is 11.3 Å². The maximum absolute atomic E-state index is 6.01. The summed E-state index contributed by atoms with van der Waals surface area (Å²) in [7, 11) is 3.33. The van der Waals surface area contributed by atoms with Gasteiger partial charge in [0.25, 0.3) is 5.89 Å². The van der Waals surface area contributed by atoms with Gasteiger partial charge in [0.1, 0.15) is 4.88 Å². The van der Waals surface area contributed by atoms with Gasteiger partial charge in [0.15, 0.2) is 11.5 Å².